The summed E-state index contributed by atoms with van der Waals surface area (Å²) in [5, 5.41) is -0.497. The van der Waals surface area contributed by atoms with Gasteiger partial charge in [0.2, 0.25) is 0 Å². The molecule has 1 fully saturated rings. The van der Waals surface area contributed by atoms with Crippen LogP contribution in [0.3, 0.4) is 0 Å². The summed E-state index contributed by atoms with van der Waals surface area (Å²) in [4.78, 5) is 0. The second-order valence-electron chi connectivity index (χ2n) is 5.34. The lowest BCUT2D eigenvalue weighted by Crippen LogP contribution is -2.75. The van der Waals surface area contributed by atoms with Crippen LogP contribution in [0, 0.1) is 5.92 Å². The first-order valence-electron chi connectivity index (χ1n) is 7.19. The van der Waals surface area contributed by atoms with Gasteiger partial charge in [-0.3, -0.25) is 0 Å². The molecule has 0 saturated carbocycles. The molecule has 6 heteroatoms. The van der Waals surface area contributed by atoms with Crippen LogP contribution in [0.15, 0.2) is 0 Å². The molecule has 1 aliphatic rings. The summed E-state index contributed by atoms with van der Waals surface area (Å²) in [5.41, 5.74) is 12.2. The molecule has 1 rings (SSSR count). The molecule has 0 bridgehead atoms. The summed E-state index contributed by atoms with van der Waals surface area (Å²) >= 11 is 0. The molecule has 1 heterocycles. The van der Waals surface area contributed by atoms with Gasteiger partial charge in [0, 0.05) is 27.4 Å². The second-order valence-corrected chi connectivity index (χ2v) is 8.94. The van der Waals surface area contributed by atoms with E-state index in [9.17, 15) is 0 Å². The SMILES string of the molecule is CCC(N)C1(OC)C(CCN)CCC[Si]1(OC)OC. The van der Waals surface area contributed by atoms with Crippen molar-refractivity contribution in [2.75, 3.05) is 27.9 Å². The molecule has 1 saturated heterocycles. The van der Waals surface area contributed by atoms with Crippen LogP contribution in [0.2, 0.25) is 6.04 Å². The maximum atomic E-state index is 6.45. The highest BCUT2D eigenvalue weighted by molar-refractivity contribution is 6.71. The van der Waals surface area contributed by atoms with E-state index in [0.717, 1.165) is 31.7 Å². The van der Waals surface area contributed by atoms with Gasteiger partial charge in [0.25, 0.3) is 0 Å². The summed E-state index contributed by atoms with van der Waals surface area (Å²) in [6.45, 7) is 2.73. The van der Waals surface area contributed by atoms with Crippen molar-refractivity contribution in [1.29, 1.82) is 0 Å². The van der Waals surface area contributed by atoms with Gasteiger partial charge in [0.15, 0.2) is 0 Å². The van der Waals surface area contributed by atoms with E-state index < -0.39 is 13.8 Å². The molecule has 0 aliphatic carbocycles. The van der Waals surface area contributed by atoms with Gasteiger partial charge in [0.05, 0.1) is 0 Å². The van der Waals surface area contributed by atoms with Gasteiger partial charge in [-0.1, -0.05) is 13.3 Å². The van der Waals surface area contributed by atoms with E-state index in [-0.39, 0.29) is 6.04 Å². The van der Waals surface area contributed by atoms with Crippen LogP contribution in [0.1, 0.15) is 32.6 Å². The van der Waals surface area contributed by atoms with Gasteiger partial charge < -0.3 is 25.1 Å². The highest BCUT2D eigenvalue weighted by Gasteiger charge is 2.65. The second kappa shape index (κ2) is 7.15. The summed E-state index contributed by atoms with van der Waals surface area (Å²) < 4.78 is 17.8. The highest BCUT2D eigenvalue weighted by atomic mass is 28.4. The van der Waals surface area contributed by atoms with Crippen LogP contribution in [0.4, 0.5) is 0 Å². The molecule has 0 aromatic heterocycles. The van der Waals surface area contributed by atoms with Gasteiger partial charge in [-0.2, -0.15) is 0 Å². The first-order valence-corrected chi connectivity index (χ1v) is 9.22. The largest absolute Gasteiger partial charge is 0.396 e. The maximum absolute atomic E-state index is 6.45. The van der Waals surface area contributed by atoms with Crippen LogP contribution in [0.5, 0.6) is 0 Å². The van der Waals surface area contributed by atoms with Gasteiger partial charge in [-0.25, -0.2) is 0 Å². The Morgan fingerprint density at radius 1 is 1.32 bits per heavy atom. The van der Waals surface area contributed by atoms with E-state index in [1.807, 2.05) is 0 Å². The Bertz CT molecular complexity index is 275. The molecule has 0 aromatic carbocycles. The predicted octanol–water partition coefficient (Wildman–Crippen LogP) is 1.14. The molecular formula is C13H30N2O3Si. The fourth-order valence-corrected chi connectivity index (χ4v) is 8.09. The molecule has 0 amide bonds. The molecule has 5 nitrogen and oxygen atoms in total. The smallest absolute Gasteiger partial charge is 0.372 e. The van der Waals surface area contributed by atoms with Gasteiger partial charge in [-0.15, -0.1) is 0 Å². The van der Waals surface area contributed by atoms with Crippen molar-refractivity contribution < 1.29 is 13.6 Å². The van der Waals surface area contributed by atoms with Crippen LogP contribution in [0.25, 0.3) is 0 Å². The number of hydrogen-bond acceptors (Lipinski definition) is 5. The monoisotopic (exact) mass is 290 g/mol. The molecule has 4 N–H and O–H groups in total. The Labute approximate surface area is 118 Å². The van der Waals surface area contributed by atoms with Crippen molar-refractivity contribution in [3.63, 3.8) is 0 Å². The van der Waals surface area contributed by atoms with Gasteiger partial charge in [0.1, 0.15) is 5.22 Å². The summed E-state index contributed by atoms with van der Waals surface area (Å²) in [7, 11) is 2.71. The predicted molar refractivity (Wildman–Crippen MR) is 79.0 cm³/mol. The molecule has 1 aliphatic heterocycles. The molecule has 0 aromatic rings. The number of hydrogen-bond donors (Lipinski definition) is 2. The van der Waals surface area contributed by atoms with Crippen LogP contribution in [-0.4, -0.2) is 47.7 Å². The zero-order chi connectivity index (χ0) is 14.5. The maximum Gasteiger partial charge on any atom is 0.372 e. The number of ether oxygens (including phenoxy) is 1. The third kappa shape index (κ3) is 2.62. The van der Waals surface area contributed by atoms with E-state index in [4.69, 9.17) is 25.1 Å². The van der Waals surface area contributed by atoms with Crippen molar-refractivity contribution in [2.45, 2.75) is 49.9 Å². The minimum atomic E-state index is -2.50. The van der Waals surface area contributed by atoms with E-state index in [0.29, 0.717) is 12.5 Å². The highest BCUT2D eigenvalue weighted by Crippen LogP contribution is 2.47. The standard InChI is InChI=1S/C13H30N2O3Si/c1-5-12(15)13(16-2)11(8-9-14)7-6-10-19(13,17-3)18-4/h11-12H,5-10,14-15H2,1-4H3. The van der Waals surface area contributed by atoms with Crippen LogP contribution >= 0.6 is 0 Å². The molecule has 0 spiro atoms. The number of methoxy groups -OCH3 is 1. The Morgan fingerprint density at radius 2 is 1.95 bits per heavy atom. The quantitative estimate of drug-likeness (QED) is 0.687. The molecular weight excluding hydrogens is 260 g/mol. The first-order chi connectivity index (χ1) is 9.08. The molecule has 19 heavy (non-hydrogen) atoms. The lowest BCUT2D eigenvalue weighted by atomic mass is 9.86. The molecule has 0 radical (unpaired) electrons. The average molecular weight is 290 g/mol. The van der Waals surface area contributed by atoms with Gasteiger partial charge >= 0.3 is 8.56 Å². The van der Waals surface area contributed by atoms with Crippen molar-refractivity contribution in [3.05, 3.63) is 0 Å². The Hall–Kier alpha value is 0.0169. The Kier molecular flexibility index (Phi) is 6.42. The van der Waals surface area contributed by atoms with Crippen molar-refractivity contribution in [1.82, 2.24) is 0 Å². The van der Waals surface area contributed by atoms with E-state index in [1.165, 1.54) is 0 Å². The minimum absolute atomic E-state index is 0.0825. The van der Waals surface area contributed by atoms with E-state index in [2.05, 4.69) is 6.92 Å². The van der Waals surface area contributed by atoms with E-state index >= 15 is 0 Å². The molecule has 3 atom stereocenters. The zero-order valence-corrected chi connectivity index (χ0v) is 13.8. The zero-order valence-electron chi connectivity index (χ0n) is 12.8. The summed E-state index contributed by atoms with van der Waals surface area (Å²) in [5.74, 6) is 0.317. The minimum Gasteiger partial charge on any atom is -0.396 e. The van der Waals surface area contributed by atoms with Crippen molar-refractivity contribution in [2.24, 2.45) is 17.4 Å². The third-order valence-corrected chi connectivity index (χ3v) is 9.27. The average Bonchev–Trinajstić information content (AvgIpc) is 2.46. The topological polar surface area (TPSA) is 79.7 Å². The van der Waals surface area contributed by atoms with Crippen molar-refractivity contribution >= 4 is 8.56 Å². The fraction of sp³-hybridized carbons (Fsp3) is 1.00. The number of rotatable bonds is 7. The van der Waals surface area contributed by atoms with Crippen molar-refractivity contribution in [3.8, 4) is 0 Å². The summed E-state index contributed by atoms with van der Waals surface area (Å²) in [6.07, 6.45) is 3.93. The lowest BCUT2D eigenvalue weighted by molar-refractivity contribution is -0.0665. The van der Waals surface area contributed by atoms with Crippen LogP contribution in [-0.2, 0) is 13.6 Å². The van der Waals surface area contributed by atoms with Gasteiger partial charge in [-0.05, 0) is 37.8 Å². The third-order valence-electron chi connectivity index (χ3n) is 4.76. The lowest BCUT2D eigenvalue weighted by Gasteiger charge is -2.55. The fourth-order valence-electron chi connectivity index (χ4n) is 3.83. The number of nitrogens with two attached hydrogens (primary N) is 2. The molecule has 3 unspecified atom stereocenters. The Balaban J connectivity index is 3.27. The van der Waals surface area contributed by atoms with Crippen LogP contribution < -0.4 is 11.5 Å². The Morgan fingerprint density at radius 3 is 2.37 bits per heavy atom. The molecule has 114 valence electrons. The first kappa shape index (κ1) is 17.1. The normalized spacial score (nSPS) is 32.2. The van der Waals surface area contributed by atoms with E-state index in [1.54, 1.807) is 21.3 Å². The summed E-state index contributed by atoms with van der Waals surface area (Å²) in [6, 6.07) is 0.851.